The van der Waals surface area contributed by atoms with Gasteiger partial charge in [-0.2, -0.15) is 0 Å². The van der Waals surface area contributed by atoms with Gasteiger partial charge in [-0.3, -0.25) is 0 Å². The molecule has 1 heterocycles. The largest absolute Gasteiger partial charge is 0.366 e. The minimum Gasteiger partial charge on any atom is -0.366 e. The molecule has 0 aliphatic carbocycles. The van der Waals surface area contributed by atoms with Crippen LogP contribution in [-0.4, -0.2) is 4.98 Å². The van der Waals surface area contributed by atoms with E-state index in [1.165, 1.54) is 22.1 Å². The summed E-state index contributed by atoms with van der Waals surface area (Å²) in [7, 11) is 7.00. The van der Waals surface area contributed by atoms with E-state index in [0.717, 1.165) is 11.3 Å². The molecule has 0 unspecified atom stereocenters. The number of nitrogens with one attached hydrogen (secondary N) is 1. The molecule has 2 aromatic rings. The molecule has 0 saturated heterocycles. The summed E-state index contributed by atoms with van der Waals surface area (Å²) in [4.78, 5) is 4.17. The fourth-order valence-electron chi connectivity index (χ4n) is 1.41. The highest BCUT2D eigenvalue weighted by molar-refractivity contribution is 8.21. The van der Waals surface area contributed by atoms with E-state index in [2.05, 4.69) is 29.2 Å². The predicted octanol–water partition coefficient (Wildman–Crippen LogP) is 3.85. The van der Waals surface area contributed by atoms with Gasteiger partial charge >= 0.3 is 0 Å². The molecule has 72 valence electrons. The molecule has 1 aromatic heterocycles. The van der Waals surface area contributed by atoms with Gasteiger partial charge in [0.15, 0.2) is 0 Å². The minimum absolute atomic E-state index is 0.930. The standard InChI is InChI=1S/C11H10ClNS/c12-14-11-8-13-7-10(11)6-9-4-2-1-3-5-9/h1-5,7-8,13H,6H2. The Balaban J connectivity index is 2.19. The molecule has 2 rings (SSSR count). The Labute approximate surface area is 92.0 Å². The molecule has 1 aromatic carbocycles. The molecule has 0 amide bonds. The van der Waals surface area contributed by atoms with Crippen LogP contribution in [0.4, 0.5) is 0 Å². The number of hydrogen-bond acceptors (Lipinski definition) is 1. The maximum Gasteiger partial charge on any atom is 0.0443 e. The Kier molecular flexibility index (Phi) is 3.17. The second-order valence-corrected chi connectivity index (χ2v) is 4.14. The van der Waals surface area contributed by atoms with Crippen molar-refractivity contribution < 1.29 is 0 Å². The van der Waals surface area contributed by atoms with E-state index in [-0.39, 0.29) is 0 Å². The molecular weight excluding hydrogens is 214 g/mol. The van der Waals surface area contributed by atoms with Crippen LogP contribution in [0.2, 0.25) is 0 Å². The average Bonchev–Trinajstić information content (AvgIpc) is 2.67. The van der Waals surface area contributed by atoms with Crippen molar-refractivity contribution in [3.63, 3.8) is 0 Å². The van der Waals surface area contributed by atoms with Crippen LogP contribution in [-0.2, 0) is 6.42 Å². The molecular formula is C11H10ClNS. The monoisotopic (exact) mass is 223 g/mol. The second kappa shape index (κ2) is 4.58. The molecule has 0 bridgehead atoms. The molecule has 0 atom stereocenters. The summed E-state index contributed by atoms with van der Waals surface area (Å²) >= 11 is 0. The lowest BCUT2D eigenvalue weighted by molar-refractivity contribution is 1.15. The van der Waals surface area contributed by atoms with Gasteiger partial charge < -0.3 is 4.98 Å². The Hall–Kier alpha value is -0.860. The topological polar surface area (TPSA) is 15.8 Å². The number of H-pyrrole nitrogens is 1. The Bertz CT molecular complexity index is 397. The third-order valence-corrected chi connectivity index (χ3v) is 3.15. The molecule has 0 radical (unpaired) electrons. The lowest BCUT2D eigenvalue weighted by Gasteiger charge is -2.00. The van der Waals surface area contributed by atoms with E-state index in [4.69, 9.17) is 10.7 Å². The smallest absolute Gasteiger partial charge is 0.0443 e. The third-order valence-electron chi connectivity index (χ3n) is 2.11. The first-order chi connectivity index (χ1) is 6.90. The van der Waals surface area contributed by atoms with Crippen molar-refractivity contribution in [3.05, 3.63) is 53.9 Å². The van der Waals surface area contributed by atoms with Crippen LogP contribution in [0.5, 0.6) is 0 Å². The maximum absolute atomic E-state index is 5.74. The fourth-order valence-corrected chi connectivity index (χ4v) is 2.18. The van der Waals surface area contributed by atoms with Crippen LogP contribution < -0.4 is 0 Å². The highest BCUT2D eigenvalue weighted by Gasteiger charge is 2.03. The van der Waals surface area contributed by atoms with Gasteiger partial charge in [0.2, 0.25) is 0 Å². The lowest BCUT2D eigenvalue weighted by atomic mass is 10.1. The number of hydrogen-bond donors (Lipinski definition) is 1. The van der Waals surface area contributed by atoms with Crippen molar-refractivity contribution in [3.8, 4) is 0 Å². The zero-order valence-corrected chi connectivity index (χ0v) is 9.11. The summed E-state index contributed by atoms with van der Waals surface area (Å²) in [6, 6.07) is 10.4. The number of aromatic nitrogens is 1. The van der Waals surface area contributed by atoms with Gasteiger partial charge in [0, 0.05) is 23.7 Å². The SMILES string of the molecule is ClSc1c[nH]cc1Cc1ccccc1. The Morgan fingerprint density at radius 1 is 1.14 bits per heavy atom. The summed E-state index contributed by atoms with van der Waals surface area (Å²) in [5.74, 6) is 0. The first-order valence-corrected chi connectivity index (χ1v) is 6.02. The van der Waals surface area contributed by atoms with Crippen LogP contribution in [0.25, 0.3) is 0 Å². The maximum atomic E-state index is 5.74. The van der Waals surface area contributed by atoms with Crippen LogP contribution in [0.1, 0.15) is 11.1 Å². The summed E-state index contributed by atoms with van der Waals surface area (Å²) < 4.78 is 0. The normalized spacial score (nSPS) is 10.4. The molecule has 0 aliphatic rings. The Morgan fingerprint density at radius 3 is 2.64 bits per heavy atom. The van der Waals surface area contributed by atoms with E-state index in [1.54, 1.807) is 0 Å². The number of rotatable bonds is 3. The molecule has 14 heavy (non-hydrogen) atoms. The first kappa shape index (κ1) is 9.69. The number of aromatic amines is 1. The summed E-state index contributed by atoms with van der Waals surface area (Å²) in [5, 5.41) is 0. The van der Waals surface area contributed by atoms with Crippen molar-refractivity contribution in [2.75, 3.05) is 0 Å². The fraction of sp³-hybridized carbons (Fsp3) is 0.0909. The zero-order valence-electron chi connectivity index (χ0n) is 7.53. The zero-order chi connectivity index (χ0) is 9.80. The van der Waals surface area contributed by atoms with Crippen LogP contribution >= 0.6 is 21.7 Å². The van der Waals surface area contributed by atoms with Crippen molar-refractivity contribution in [1.82, 2.24) is 4.98 Å². The van der Waals surface area contributed by atoms with E-state index in [9.17, 15) is 0 Å². The van der Waals surface area contributed by atoms with Crippen molar-refractivity contribution in [2.45, 2.75) is 11.3 Å². The summed E-state index contributed by atoms with van der Waals surface area (Å²) in [5.41, 5.74) is 2.55. The van der Waals surface area contributed by atoms with Crippen molar-refractivity contribution >= 4 is 21.7 Å². The third kappa shape index (κ3) is 2.14. The molecule has 3 heteroatoms. The van der Waals surface area contributed by atoms with Gasteiger partial charge in [0.1, 0.15) is 0 Å². The van der Waals surface area contributed by atoms with E-state index >= 15 is 0 Å². The van der Waals surface area contributed by atoms with Crippen LogP contribution in [0.3, 0.4) is 0 Å². The molecule has 1 N–H and O–H groups in total. The van der Waals surface area contributed by atoms with Gasteiger partial charge in [-0.1, -0.05) is 30.3 Å². The molecule has 0 spiro atoms. The Morgan fingerprint density at radius 2 is 1.93 bits per heavy atom. The summed E-state index contributed by atoms with van der Waals surface area (Å²) in [6.07, 6.45) is 4.85. The highest BCUT2D eigenvalue weighted by atomic mass is 35.7. The quantitative estimate of drug-likeness (QED) is 0.836. The van der Waals surface area contributed by atoms with Crippen LogP contribution in [0, 0.1) is 0 Å². The molecule has 0 fully saturated rings. The number of halogens is 1. The highest BCUT2D eigenvalue weighted by Crippen LogP contribution is 2.27. The van der Waals surface area contributed by atoms with Gasteiger partial charge in [-0.15, -0.1) is 0 Å². The van der Waals surface area contributed by atoms with E-state index < -0.39 is 0 Å². The van der Waals surface area contributed by atoms with Crippen molar-refractivity contribution in [2.24, 2.45) is 0 Å². The van der Waals surface area contributed by atoms with E-state index in [0.29, 0.717) is 0 Å². The van der Waals surface area contributed by atoms with Gasteiger partial charge in [0.05, 0.1) is 0 Å². The number of benzene rings is 1. The average molecular weight is 224 g/mol. The van der Waals surface area contributed by atoms with Crippen molar-refractivity contribution in [1.29, 1.82) is 0 Å². The van der Waals surface area contributed by atoms with Gasteiger partial charge in [-0.25, -0.2) is 0 Å². The minimum atomic E-state index is 0.930. The predicted molar refractivity (Wildman–Crippen MR) is 61.8 cm³/mol. The molecule has 0 saturated carbocycles. The lowest BCUT2D eigenvalue weighted by Crippen LogP contribution is -1.85. The molecule has 1 nitrogen and oxygen atoms in total. The molecule has 0 aliphatic heterocycles. The summed E-state index contributed by atoms with van der Waals surface area (Å²) in [6.45, 7) is 0. The van der Waals surface area contributed by atoms with Gasteiger partial charge in [0.25, 0.3) is 0 Å². The van der Waals surface area contributed by atoms with Gasteiger partial charge in [-0.05, 0) is 32.8 Å². The first-order valence-electron chi connectivity index (χ1n) is 4.38. The second-order valence-electron chi connectivity index (χ2n) is 3.08. The van der Waals surface area contributed by atoms with Crippen LogP contribution in [0.15, 0.2) is 47.6 Å². The van der Waals surface area contributed by atoms with E-state index in [1.807, 2.05) is 18.5 Å².